The lowest BCUT2D eigenvalue weighted by Gasteiger charge is -2.02. The molecule has 1 aromatic rings. The number of hydrogen-bond acceptors (Lipinski definition) is 2. The van der Waals surface area contributed by atoms with E-state index in [1.54, 1.807) is 19.2 Å². The standard InChI is InChI=1S/C14H16O2/c1-11(2)6-4-5-7-12-8-9-13(16-3)10-14(12)15/h4-10,15H,1H2,2-3H3/b6-4+,7-5+. The van der Waals surface area contributed by atoms with Gasteiger partial charge in [0, 0.05) is 11.6 Å². The molecule has 0 saturated heterocycles. The van der Waals surface area contributed by atoms with Gasteiger partial charge in [-0.3, -0.25) is 0 Å². The van der Waals surface area contributed by atoms with Crippen molar-refractivity contribution in [1.82, 2.24) is 0 Å². The molecular formula is C14H16O2. The average Bonchev–Trinajstić information content (AvgIpc) is 2.25. The van der Waals surface area contributed by atoms with Crippen LogP contribution in [0.15, 0.2) is 48.6 Å². The van der Waals surface area contributed by atoms with Crippen molar-refractivity contribution < 1.29 is 9.84 Å². The van der Waals surface area contributed by atoms with E-state index in [0.717, 1.165) is 11.1 Å². The van der Waals surface area contributed by atoms with Crippen molar-refractivity contribution in [3.05, 3.63) is 54.1 Å². The number of methoxy groups -OCH3 is 1. The van der Waals surface area contributed by atoms with Gasteiger partial charge in [0.1, 0.15) is 11.5 Å². The maximum absolute atomic E-state index is 9.66. The number of phenols is 1. The molecule has 2 nitrogen and oxygen atoms in total. The van der Waals surface area contributed by atoms with Crippen molar-refractivity contribution in [1.29, 1.82) is 0 Å². The summed E-state index contributed by atoms with van der Waals surface area (Å²) < 4.78 is 5.00. The highest BCUT2D eigenvalue weighted by atomic mass is 16.5. The first-order chi connectivity index (χ1) is 7.63. The van der Waals surface area contributed by atoms with Crippen LogP contribution in [-0.2, 0) is 0 Å². The van der Waals surface area contributed by atoms with Crippen molar-refractivity contribution >= 4 is 6.08 Å². The van der Waals surface area contributed by atoms with Gasteiger partial charge in [0.25, 0.3) is 0 Å². The summed E-state index contributed by atoms with van der Waals surface area (Å²) in [4.78, 5) is 0. The minimum Gasteiger partial charge on any atom is -0.507 e. The lowest BCUT2D eigenvalue weighted by atomic mass is 10.1. The predicted octanol–water partition coefficient (Wildman–Crippen LogP) is 3.55. The summed E-state index contributed by atoms with van der Waals surface area (Å²) in [6, 6.07) is 5.20. The van der Waals surface area contributed by atoms with E-state index in [1.165, 1.54) is 0 Å². The quantitative estimate of drug-likeness (QED) is 0.780. The minimum absolute atomic E-state index is 0.208. The maximum Gasteiger partial charge on any atom is 0.126 e. The molecule has 0 bridgehead atoms. The second kappa shape index (κ2) is 5.81. The van der Waals surface area contributed by atoms with Gasteiger partial charge in [0.05, 0.1) is 7.11 Å². The lowest BCUT2D eigenvalue weighted by molar-refractivity contribution is 0.407. The summed E-state index contributed by atoms with van der Waals surface area (Å²) in [7, 11) is 1.57. The van der Waals surface area contributed by atoms with Gasteiger partial charge >= 0.3 is 0 Å². The first-order valence-electron chi connectivity index (χ1n) is 5.00. The third-order valence-electron chi connectivity index (χ3n) is 2.01. The van der Waals surface area contributed by atoms with Crippen molar-refractivity contribution in [2.45, 2.75) is 6.92 Å². The van der Waals surface area contributed by atoms with Gasteiger partial charge in [0.15, 0.2) is 0 Å². The van der Waals surface area contributed by atoms with Gasteiger partial charge in [-0.15, -0.1) is 0 Å². The Hall–Kier alpha value is -1.96. The number of ether oxygens (including phenoxy) is 1. The highest BCUT2D eigenvalue weighted by Gasteiger charge is 1.98. The molecule has 84 valence electrons. The molecule has 0 aliphatic heterocycles. The third-order valence-corrected chi connectivity index (χ3v) is 2.01. The van der Waals surface area contributed by atoms with E-state index in [-0.39, 0.29) is 5.75 Å². The molecule has 0 atom stereocenters. The van der Waals surface area contributed by atoms with Crippen LogP contribution < -0.4 is 4.74 Å². The van der Waals surface area contributed by atoms with Crippen LogP contribution in [0.5, 0.6) is 11.5 Å². The Balaban J connectivity index is 2.78. The Morgan fingerprint density at radius 3 is 2.69 bits per heavy atom. The zero-order chi connectivity index (χ0) is 12.0. The van der Waals surface area contributed by atoms with Crippen LogP contribution in [0.1, 0.15) is 12.5 Å². The summed E-state index contributed by atoms with van der Waals surface area (Å²) >= 11 is 0. The van der Waals surface area contributed by atoms with E-state index >= 15 is 0 Å². The van der Waals surface area contributed by atoms with Gasteiger partial charge in [-0.2, -0.15) is 0 Å². The first kappa shape index (κ1) is 12.1. The van der Waals surface area contributed by atoms with Crippen LogP contribution in [0.4, 0.5) is 0 Å². The van der Waals surface area contributed by atoms with Crippen molar-refractivity contribution in [3.63, 3.8) is 0 Å². The molecule has 0 heterocycles. The van der Waals surface area contributed by atoms with E-state index in [0.29, 0.717) is 5.75 Å². The number of rotatable bonds is 4. The van der Waals surface area contributed by atoms with Crippen molar-refractivity contribution in [2.75, 3.05) is 7.11 Å². The molecule has 0 aromatic heterocycles. The van der Waals surface area contributed by atoms with E-state index in [1.807, 2.05) is 37.3 Å². The SMILES string of the molecule is C=C(C)/C=C/C=C/c1ccc(OC)cc1O. The fourth-order valence-electron chi connectivity index (χ4n) is 1.17. The first-order valence-corrected chi connectivity index (χ1v) is 5.00. The number of benzene rings is 1. The van der Waals surface area contributed by atoms with Crippen molar-refractivity contribution in [2.24, 2.45) is 0 Å². The molecule has 1 aromatic carbocycles. The number of aromatic hydroxyl groups is 1. The molecule has 0 radical (unpaired) electrons. The third kappa shape index (κ3) is 3.65. The van der Waals surface area contributed by atoms with E-state index < -0.39 is 0 Å². The molecule has 0 saturated carbocycles. The molecule has 0 amide bonds. The van der Waals surface area contributed by atoms with Gasteiger partial charge < -0.3 is 9.84 Å². The van der Waals surface area contributed by atoms with Crippen LogP contribution in [0.25, 0.3) is 6.08 Å². The Morgan fingerprint density at radius 2 is 2.12 bits per heavy atom. The van der Waals surface area contributed by atoms with Gasteiger partial charge in [-0.25, -0.2) is 0 Å². The van der Waals surface area contributed by atoms with E-state index in [4.69, 9.17) is 4.74 Å². The Kier molecular flexibility index (Phi) is 4.40. The molecule has 0 fully saturated rings. The van der Waals surface area contributed by atoms with Gasteiger partial charge in [0.2, 0.25) is 0 Å². The highest BCUT2D eigenvalue weighted by Crippen LogP contribution is 2.24. The van der Waals surface area contributed by atoms with Gasteiger partial charge in [-0.1, -0.05) is 36.5 Å². The molecule has 2 heteroatoms. The molecule has 0 spiro atoms. The number of allylic oxidation sites excluding steroid dienone is 4. The minimum atomic E-state index is 0.208. The van der Waals surface area contributed by atoms with Gasteiger partial charge in [-0.05, 0) is 19.1 Å². The molecule has 0 unspecified atom stereocenters. The second-order valence-corrected chi connectivity index (χ2v) is 3.49. The van der Waals surface area contributed by atoms with E-state index in [9.17, 15) is 5.11 Å². The molecular weight excluding hydrogens is 200 g/mol. The number of phenolic OH excluding ortho intramolecular Hbond substituents is 1. The molecule has 1 rings (SSSR count). The predicted molar refractivity (Wildman–Crippen MR) is 67.6 cm³/mol. The van der Waals surface area contributed by atoms with Crippen LogP contribution >= 0.6 is 0 Å². The van der Waals surface area contributed by atoms with Crippen LogP contribution in [0.2, 0.25) is 0 Å². The highest BCUT2D eigenvalue weighted by molar-refractivity contribution is 5.59. The summed E-state index contributed by atoms with van der Waals surface area (Å²) in [5.41, 5.74) is 1.75. The molecule has 16 heavy (non-hydrogen) atoms. The lowest BCUT2D eigenvalue weighted by Crippen LogP contribution is -1.82. The van der Waals surface area contributed by atoms with Crippen LogP contribution in [-0.4, -0.2) is 12.2 Å². The second-order valence-electron chi connectivity index (χ2n) is 3.49. The zero-order valence-corrected chi connectivity index (χ0v) is 9.60. The van der Waals surface area contributed by atoms with Crippen LogP contribution in [0, 0.1) is 0 Å². The summed E-state index contributed by atoms with van der Waals surface area (Å²) in [5.74, 6) is 0.853. The summed E-state index contributed by atoms with van der Waals surface area (Å²) in [6.07, 6.45) is 7.47. The fraction of sp³-hybridized carbons (Fsp3) is 0.143. The van der Waals surface area contributed by atoms with Crippen LogP contribution in [0.3, 0.4) is 0 Å². The average molecular weight is 216 g/mol. The summed E-state index contributed by atoms with van der Waals surface area (Å²) in [6.45, 7) is 5.68. The normalized spacial score (nSPS) is 11.1. The largest absolute Gasteiger partial charge is 0.507 e. The number of hydrogen-bond donors (Lipinski definition) is 1. The smallest absolute Gasteiger partial charge is 0.126 e. The Morgan fingerprint density at radius 1 is 1.38 bits per heavy atom. The molecule has 0 aliphatic rings. The van der Waals surface area contributed by atoms with E-state index in [2.05, 4.69) is 6.58 Å². The monoisotopic (exact) mass is 216 g/mol. The fourth-order valence-corrected chi connectivity index (χ4v) is 1.17. The van der Waals surface area contributed by atoms with Crippen molar-refractivity contribution in [3.8, 4) is 11.5 Å². The Labute approximate surface area is 96.2 Å². The summed E-state index contributed by atoms with van der Waals surface area (Å²) in [5, 5.41) is 9.66. The molecule has 0 aliphatic carbocycles. The zero-order valence-electron chi connectivity index (χ0n) is 9.60. The maximum atomic E-state index is 9.66. The molecule has 1 N–H and O–H groups in total. The Bertz CT molecular complexity index is 428. The topological polar surface area (TPSA) is 29.5 Å².